The van der Waals surface area contributed by atoms with Gasteiger partial charge in [-0.3, -0.25) is 0 Å². The van der Waals surface area contributed by atoms with Gasteiger partial charge in [-0.05, 0) is 37.6 Å². The Hall–Kier alpha value is -1.35. The Bertz CT molecular complexity index is 417. The predicted molar refractivity (Wildman–Crippen MR) is 52.7 cm³/mol. The second kappa shape index (κ2) is 3.18. The Morgan fingerprint density at radius 2 is 2.38 bits per heavy atom. The van der Waals surface area contributed by atoms with Gasteiger partial charge in [-0.1, -0.05) is 6.07 Å². The number of rotatable bonds is 2. The van der Waals surface area contributed by atoms with E-state index in [1.165, 1.54) is 11.1 Å². The quantitative estimate of drug-likeness (QED) is 0.744. The number of nitrogens with zero attached hydrogens (tertiary/aromatic N) is 2. The zero-order chi connectivity index (χ0) is 9.26. The van der Waals surface area contributed by atoms with Crippen molar-refractivity contribution in [3.05, 3.63) is 35.7 Å². The molecular formula is C10H13N3. The van der Waals surface area contributed by atoms with Crippen LogP contribution in [0.1, 0.15) is 11.3 Å². The Morgan fingerprint density at radius 1 is 1.54 bits per heavy atom. The van der Waals surface area contributed by atoms with Crippen LogP contribution in [0.25, 0.3) is 5.52 Å². The molecule has 0 spiro atoms. The molecule has 0 aromatic carbocycles. The minimum Gasteiger partial charge on any atom is -0.330 e. The molecule has 2 N–H and O–H groups in total. The van der Waals surface area contributed by atoms with Crippen LogP contribution in [0.4, 0.5) is 0 Å². The molecule has 0 saturated carbocycles. The van der Waals surface area contributed by atoms with Crippen LogP contribution >= 0.6 is 0 Å². The normalized spacial score (nSPS) is 10.9. The highest BCUT2D eigenvalue weighted by atomic mass is 15.2. The summed E-state index contributed by atoms with van der Waals surface area (Å²) in [6.45, 7) is 2.68. The maximum Gasteiger partial charge on any atom is 0.0696 e. The predicted octanol–water partition coefficient (Wildman–Crippen LogP) is 1.14. The van der Waals surface area contributed by atoms with Gasteiger partial charge in [0.2, 0.25) is 0 Å². The molecule has 2 rings (SSSR count). The van der Waals surface area contributed by atoms with Crippen molar-refractivity contribution in [2.24, 2.45) is 5.73 Å². The van der Waals surface area contributed by atoms with Crippen LogP contribution in [0.2, 0.25) is 0 Å². The molecule has 0 amide bonds. The van der Waals surface area contributed by atoms with Crippen LogP contribution in [0, 0.1) is 6.92 Å². The van der Waals surface area contributed by atoms with Crippen LogP contribution in [-0.2, 0) is 6.42 Å². The summed E-state index contributed by atoms with van der Waals surface area (Å²) in [5.74, 6) is 0. The average molecular weight is 175 g/mol. The maximum absolute atomic E-state index is 5.53. The van der Waals surface area contributed by atoms with Gasteiger partial charge in [0.1, 0.15) is 0 Å². The first kappa shape index (κ1) is 8.26. The van der Waals surface area contributed by atoms with Crippen molar-refractivity contribution in [1.82, 2.24) is 9.61 Å². The SMILES string of the molecule is Cc1cc2c(CCN)cccn2n1. The lowest BCUT2D eigenvalue weighted by Crippen LogP contribution is -2.03. The van der Waals surface area contributed by atoms with E-state index in [0.717, 1.165) is 12.1 Å². The third kappa shape index (κ3) is 1.42. The number of pyridine rings is 1. The smallest absolute Gasteiger partial charge is 0.0696 e. The summed E-state index contributed by atoms with van der Waals surface area (Å²) in [6.07, 6.45) is 2.87. The lowest BCUT2D eigenvalue weighted by Gasteiger charge is -2.00. The second-order valence-corrected chi connectivity index (χ2v) is 3.19. The van der Waals surface area contributed by atoms with Crippen LogP contribution in [0.5, 0.6) is 0 Å². The molecule has 0 aliphatic heterocycles. The van der Waals surface area contributed by atoms with Gasteiger partial charge in [0.05, 0.1) is 11.2 Å². The van der Waals surface area contributed by atoms with E-state index in [1.54, 1.807) is 0 Å². The first-order valence-electron chi connectivity index (χ1n) is 4.45. The van der Waals surface area contributed by atoms with E-state index < -0.39 is 0 Å². The molecule has 0 fully saturated rings. The Kier molecular flexibility index (Phi) is 2.02. The first-order valence-corrected chi connectivity index (χ1v) is 4.45. The van der Waals surface area contributed by atoms with E-state index >= 15 is 0 Å². The third-order valence-electron chi connectivity index (χ3n) is 2.13. The molecule has 0 bridgehead atoms. The zero-order valence-corrected chi connectivity index (χ0v) is 7.70. The number of hydrogen-bond donors (Lipinski definition) is 1. The topological polar surface area (TPSA) is 43.3 Å². The van der Waals surface area contributed by atoms with Crippen molar-refractivity contribution in [1.29, 1.82) is 0 Å². The van der Waals surface area contributed by atoms with E-state index in [4.69, 9.17) is 5.73 Å². The van der Waals surface area contributed by atoms with Crippen LogP contribution in [0.15, 0.2) is 24.4 Å². The molecule has 0 radical (unpaired) electrons. The molecule has 0 saturated heterocycles. The maximum atomic E-state index is 5.53. The van der Waals surface area contributed by atoms with E-state index in [0.29, 0.717) is 6.54 Å². The molecule has 68 valence electrons. The molecule has 2 aromatic rings. The van der Waals surface area contributed by atoms with Crippen LogP contribution in [0.3, 0.4) is 0 Å². The van der Waals surface area contributed by atoms with Crippen molar-refractivity contribution in [2.45, 2.75) is 13.3 Å². The summed E-state index contributed by atoms with van der Waals surface area (Å²) < 4.78 is 1.90. The molecule has 0 aliphatic rings. The Morgan fingerprint density at radius 3 is 3.15 bits per heavy atom. The van der Waals surface area contributed by atoms with E-state index in [9.17, 15) is 0 Å². The number of hydrogen-bond acceptors (Lipinski definition) is 2. The largest absolute Gasteiger partial charge is 0.330 e. The van der Waals surface area contributed by atoms with Crippen molar-refractivity contribution in [2.75, 3.05) is 6.54 Å². The number of aromatic nitrogens is 2. The van der Waals surface area contributed by atoms with Crippen molar-refractivity contribution in [3.8, 4) is 0 Å². The summed E-state index contributed by atoms with van der Waals surface area (Å²) in [5.41, 5.74) is 9.02. The Labute approximate surface area is 77.2 Å². The number of fused-ring (bicyclic) bond motifs is 1. The van der Waals surface area contributed by atoms with Crippen molar-refractivity contribution < 1.29 is 0 Å². The summed E-state index contributed by atoms with van der Waals surface area (Å²) >= 11 is 0. The molecule has 0 atom stereocenters. The molecular weight excluding hydrogens is 162 g/mol. The molecule has 3 nitrogen and oxygen atoms in total. The Balaban J connectivity index is 2.60. The standard InChI is InChI=1S/C10H13N3/c1-8-7-10-9(4-5-11)3-2-6-13(10)12-8/h2-3,6-7H,4-5,11H2,1H3. The monoisotopic (exact) mass is 175 g/mol. The zero-order valence-electron chi connectivity index (χ0n) is 7.70. The highest BCUT2D eigenvalue weighted by Gasteiger charge is 2.01. The summed E-state index contributed by atoms with van der Waals surface area (Å²) in [4.78, 5) is 0. The fourth-order valence-electron chi connectivity index (χ4n) is 1.56. The fraction of sp³-hybridized carbons (Fsp3) is 0.300. The van der Waals surface area contributed by atoms with Crippen molar-refractivity contribution >= 4 is 5.52 Å². The van der Waals surface area contributed by atoms with Gasteiger partial charge < -0.3 is 5.73 Å². The van der Waals surface area contributed by atoms with Gasteiger partial charge >= 0.3 is 0 Å². The molecule has 2 aromatic heterocycles. The number of aryl methyl sites for hydroxylation is 1. The van der Waals surface area contributed by atoms with E-state index in [2.05, 4.69) is 17.2 Å². The van der Waals surface area contributed by atoms with Crippen molar-refractivity contribution in [3.63, 3.8) is 0 Å². The van der Waals surface area contributed by atoms with E-state index in [-0.39, 0.29) is 0 Å². The highest BCUT2D eigenvalue weighted by molar-refractivity contribution is 5.55. The molecule has 0 unspecified atom stereocenters. The third-order valence-corrected chi connectivity index (χ3v) is 2.13. The van der Waals surface area contributed by atoms with Gasteiger partial charge in [-0.2, -0.15) is 5.10 Å². The number of nitrogens with two attached hydrogens (primary N) is 1. The summed E-state index contributed by atoms with van der Waals surface area (Å²) in [6, 6.07) is 6.19. The van der Waals surface area contributed by atoms with Gasteiger partial charge in [0.25, 0.3) is 0 Å². The summed E-state index contributed by atoms with van der Waals surface area (Å²) in [7, 11) is 0. The molecule has 0 aliphatic carbocycles. The fourth-order valence-corrected chi connectivity index (χ4v) is 1.56. The lowest BCUT2D eigenvalue weighted by atomic mass is 10.1. The van der Waals surface area contributed by atoms with Crippen LogP contribution < -0.4 is 5.73 Å². The second-order valence-electron chi connectivity index (χ2n) is 3.19. The minimum absolute atomic E-state index is 0.684. The first-order chi connectivity index (χ1) is 6.31. The minimum atomic E-state index is 0.684. The lowest BCUT2D eigenvalue weighted by molar-refractivity contribution is 0.909. The highest BCUT2D eigenvalue weighted by Crippen LogP contribution is 2.12. The van der Waals surface area contributed by atoms with E-state index in [1.807, 2.05) is 23.7 Å². The molecule has 3 heteroatoms. The van der Waals surface area contributed by atoms with Gasteiger partial charge in [0, 0.05) is 6.20 Å². The van der Waals surface area contributed by atoms with Crippen LogP contribution in [-0.4, -0.2) is 16.2 Å². The molecule has 2 heterocycles. The van der Waals surface area contributed by atoms with Gasteiger partial charge in [-0.15, -0.1) is 0 Å². The van der Waals surface area contributed by atoms with Gasteiger partial charge in [0.15, 0.2) is 0 Å². The average Bonchev–Trinajstić information content (AvgIpc) is 2.47. The van der Waals surface area contributed by atoms with Gasteiger partial charge in [-0.25, -0.2) is 4.52 Å². The summed E-state index contributed by atoms with van der Waals surface area (Å²) in [5, 5.41) is 4.33. The molecule has 13 heavy (non-hydrogen) atoms.